The van der Waals surface area contributed by atoms with Crippen LogP contribution in [0.15, 0.2) is 67.1 Å². The maximum atomic E-state index is 12.1. The van der Waals surface area contributed by atoms with E-state index >= 15 is 0 Å². The van der Waals surface area contributed by atoms with Crippen LogP contribution in [-0.2, 0) is 6.54 Å². The van der Waals surface area contributed by atoms with Crippen LogP contribution in [0.25, 0.3) is 11.5 Å². The molecule has 2 heterocycles. The van der Waals surface area contributed by atoms with Crippen LogP contribution in [0.4, 0.5) is 0 Å². The van der Waals surface area contributed by atoms with Crippen molar-refractivity contribution in [1.29, 1.82) is 0 Å². The molecule has 22 heavy (non-hydrogen) atoms. The lowest BCUT2D eigenvalue weighted by Crippen LogP contribution is -2.23. The normalized spacial score (nSPS) is 10.2. The van der Waals surface area contributed by atoms with E-state index in [4.69, 9.17) is 0 Å². The van der Waals surface area contributed by atoms with Crippen LogP contribution >= 0.6 is 0 Å². The van der Waals surface area contributed by atoms with E-state index < -0.39 is 0 Å². The Hall–Kier alpha value is -3.08. The molecule has 2 aromatic heterocycles. The van der Waals surface area contributed by atoms with E-state index in [-0.39, 0.29) is 5.91 Å². The molecule has 5 nitrogen and oxygen atoms in total. The summed E-state index contributed by atoms with van der Waals surface area (Å²) in [5.74, 6) is 0.302. The molecule has 0 bridgehead atoms. The van der Waals surface area contributed by atoms with Gasteiger partial charge in [0.25, 0.3) is 5.91 Å². The van der Waals surface area contributed by atoms with E-state index in [0.717, 1.165) is 5.56 Å². The number of nitrogens with one attached hydrogen (secondary N) is 1. The summed E-state index contributed by atoms with van der Waals surface area (Å²) < 4.78 is 0. The zero-order valence-corrected chi connectivity index (χ0v) is 11.8. The van der Waals surface area contributed by atoms with Crippen LogP contribution in [0.5, 0.6) is 0 Å². The molecular formula is C17H14N4O. The van der Waals surface area contributed by atoms with Crippen LogP contribution in [0, 0.1) is 0 Å². The number of nitrogens with zero attached hydrogens (tertiary/aromatic N) is 3. The highest BCUT2D eigenvalue weighted by Crippen LogP contribution is 2.10. The molecule has 0 aliphatic rings. The average molecular weight is 290 g/mol. The first-order chi connectivity index (χ1) is 10.8. The lowest BCUT2D eigenvalue weighted by Gasteiger charge is -2.05. The van der Waals surface area contributed by atoms with E-state index in [0.29, 0.717) is 23.6 Å². The minimum absolute atomic E-state index is 0.198. The van der Waals surface area contributed by atoms with Gasteiger partial charge in [-0.3, -0.25) is 9.78 Å². The van der Waals surface area contributed by atoms with Crippen molar-refractivity contribution >= 4 is 5.91 Å². The monoisotopic (exact) mass is 290 g/mol. The van der Waals surface area contributed by atoms with Gasteiger partial charge in [-0.2, -0.15) is 0 Å². The molecule has 0 aliphatic heterocycles. The lowest BCUT2D eigenvalue weighted by molar-refractivity contribution is 0.0950. The molecule has 1 N–H and O–H groups in total. The van der Waals surface area contributed by atoms with Crippen molar-refractivity contribution in [2.24, 2.45) is 0 Å². The van der Waals surface area contributed by atoms with Gasteiger partial charge in [0.15, 0.2) is 5.82 Å². The fourth-order valence-corrected chi connectivity index (χ4v) is 1.95. The second-order valence-electron chi connectivity index (χ2n) is 4.68. The molecule has 108 valence electrons. The third-order valence-electron chi connectivity index (χ3n) is 3.10. The van der Waals surface area contributed by atoms with E-state index in [1.165, 1.54) is 12.4 Å². The number of carbonyl (C=O) groups is 1. The van der Waals surface area contributed by atoms with Gasteiger partial charge in [-0.1, -0.05) is 36.4 Å². The zero-order chi connectivity index (χ0) is 15.2. The van der Waals surface area contributed by atoms with Crippen LogP contribution in [0.1, 0.15) is 15.9 Å². The topological polar surface area (TPSA) is 67.8 Å². The van der Waals surface area contributed by atoms with Crippen molar-refractivity contribution in [2.45, 2.75) is 6.54 Å². The van der Waals surface area contributed by atoms with Crippen molar-refractivity contribution in [2.75, 3.05) is 0 Å². The first-order valence-corrected chi connectivity index (χ1v) is 6.88. The van der Waals surface area contributed by atoms with Crippen LogP contribution in [-0.4, -0.2) is 20.9 Å². The minimum Gasteiger partial charge on any atom is -0.348 e. The predicted octanol–water partition coefficient (Wildman–Crippen LogP) is 2.47. The molecule has 0 fully saturated rings. The van der Waals surface area contributed by atoms with E-state index in [1.807, 2.05) is 48.5 Å². The summed E-state index contributed by atoms with van der Waals surface area (Å²) in [7, 11) is 0. The molecule has 5 heteroatoms. The highest BCUT2D eigenvalue weighted by molar-refractivity contribution is 5.93. The fourth-order valence-electron chi connectivity index (χ4n) is 1.95. The Morgan fingerprint density at radius 1 is 0.909 bits per heavy atom. The van der Waals surface area contributed by atoms with Crippen molar-refractivity contribution in [3.05, 3.63) is 78.2 Å². The molecule has 3 rings (SSSR count). The van der Waals surface area contributed by atoms with Crippen LogP contribution in [0.3, 0.4) is 0 Å². The third-order valence-corrected chi connectivity index (χ3v) is 3.10. The highest BCUT2D eigenvalue weighted by Gasteiger charge is 2.08. The molecule has 0 unspecified atom stereocenters. The van der Waals surface area contributed by atoms with Gasteiger partial charge in [0.2, 0.25) is 0 Å². The van der Waals surface area contributed by atoms with E-state index in [9.17, 15) is 4.79 Å². The number of carbonyl (C=O) groups excluding carboxylic acids is 1. The summed E-state index contributed by atoms with van der Waals surface area (Å²) in [6.45, 7) is 0.474. The summed E-state index contributed by atoms with van der Waals surface area (Å²) in [4.78, 5) is 24.6. The third kappa shape index (κ3) is 3.32. The lowest BCUT2D eigenvalue weighted by atomic mass is 10.2. The molecule has 0 aliphatic carbocycles. The van der Waals surface area contributed by atoms with E-state index in [2.05, 4.69) is 20.3 Å². The van der Waals surface area contributed by atoms with Gasteiger partial charge in [-0.15, -0.1) is 0 Å². The summed E-state index contributed by atoms with van der Waals surface area (Å²) in [5.41, 5.74) is 2.15. The second-order valence-corrected chi connectivity index (χ2v) is 4.68. The SMILES string of the molecule is O=C(NCc1ccccc1)c1cnc(-c2ccccn2)nc1. The number of benzene rings is 1. The summed E-state index contributed by atoms with van der Waals surface area (Å²) in [6.07, 6.45) is 4.70. The number of aromatic nitrogens is 3. The summed E-state index contributed by atoms with van der Waals surface area (Å²) in [5, 5.41) is 2.84. The molecule has 3 aromatic rings. The number of amides is 1. The van der Waals surface area contributed by atoms with Crippen molar-refractivity contribution < 1.29 is 4.79 Å². The van der Waals surface area contributed by atoms with Crippen LogP contribution < -0.4 is 5.32 Å². The molecule has 1 aromatic carbocycles. The number of hydrogen-bond donors (Lipinski definition) is 1. The van der Waals surface area contributed by atoms with Crippen LogP contribution in [0.2, 0.25) is 0 Å². The molecule has 0 saturated carbocycles. The van der Waals surface area contributed by atoms with Crippen molar-refractivity contribution in [3.8, 4) is 11.5 Å². The Labute approximate surface area is 128 Å². The molecule has 0 radical (unpaired) electrons. The Kier molecular flexibility index (Phi) is 4.15. The van der Waals surface area contributed by atoms with E-state index in [1.54, 1.807) is 6.20 Å². The summed E-state index contributed by atoms with van der Waals surface area (Å²) in [6, 6.07) is 15.3. The van der Waals surface area contributed by atoms with Gasteiger partial charge in [0, 0.05) is 25.1 Å². The number of hydrogen-bond acceptors (Lipinski definition) is 4. The largest absolute Gasteiger partial charge is 0.348 e. The standard InChI is InChI=1S/C17H14N4O/c22-17(21-10-13-6-2-1-3-7-13)14-11-19-16(20-12-14)15-8-4-5-9-18-15/h1-9,11-12H,10H2,(H,21,22). The van der Waals surface area contributed by atoms with Crippen molar-refractivity contribution in [3.63, 3.8) is 0 Å². The van der Waals surface area contributed by atoms with Gasteiger partial charge in [0.05, 0.1) is 5.56 Å². The van der Waals surface area contributed by atoms with Gasteiger partial charge in [0.1, 0.15) is 5.69 Å². The fraction of sp³-hybridized carbons (Fsp3) is 0.0588. The Bertz CT molecular complexity index is 743. The molecule has 1 amide bonds. The Morgan fingerprint density at radius 3 is 2.32 bits per heavy atom. The van der Waals surface area contributed by atoms with Gasteiger partial charge in [-0.25, -0.2) is 9.97 Å². The molecule has 0 spiro atoms. The smallest absolute Gasteiger partial charge is 0.254 e. The molecular weight excluding hydrogens is 276 g/mol. The second kappa shape index (κ2) is 6.58. The Balaban J connectivity index is 1.66. The Morgan fingerprint density at radius 2 is 1.64 bits per heavy atom. The minimum atomic E-state index is -0.198. The van der Waals surface area contributed by atoms with Gasteiger partial charge < -0.3 is 5.32 Å². The maximum Gasteiger partial charge on any atom is 0.254 e. The highest BCUT2D eigenvalue weighted by atomic mass is 16.1. The van der Waals surface area contributed by atoms with Crippen molar-refractivity contribution in [1.82, 2.24) is 20.3 Å². The first-order valence-electron chi connectivity index (χ1n) is 6.88. The predicted molar refractivity (Wildman–Crippen MR) is 82.9 cm³/mol. The maximum absolute atomic E-state index is 12.1. The number of rotatable bonds is 4. The van der Waals surface area contributed by atoms with Gasteiger partial charge in [-0.05, 0) is 17.7 Å². The van der Waals surface area contributed by atoms with Gasteiger partial charge >= 0.3 is 0 Å². The zero-order valence-electron chi connectivity index (χ0n) is 11.8. The number of pyridine rings is 1. The summed E-state index contributed by atoms with van der Waals surface area (Å²) >= 11 is 0. The first kappa shape index (κ1) is 13.9. The molecule has 0 atom stereocenters. The quantitative estimate of drug-likeness (QED) is 0.801. The average Bonchev–Trinajstić information content (AvgIpc) is 2.61. The molecule has 0 saturated heterocycles.